The fourth-order valence-electron chi connectivity index (χ4n) is 5.02. The second-order valence-electron chi connectivity index (χ2n) is 10.1. The number of hydrogen-bond acceptors (Lipinski definition) is 7. The number of fused-ring (bicyclic) bond motifs is 1. The van der Waals surface area contributed by atoms with E-state index in [1.165, 1.54) is 24.0 Å². The first-order valence-electron chi connectivity index (χ1n) is 13.3. The van der Waals surface area contributed by atoms with Crippen molar-refractivity contribution in [2.75, 3.05) is 7.11 Å². The Kier molecular flexibility index (Phi) is 7.15. The highest BCUT2D eigenvalue weighted by atomic mass is 32.1. The van der Waals surface area contributed by atoms with Gasteiger partial charge < -0.3 is 4.74 Å². The Morgan fingerprint density at radius 1 is 1.05 bits per heavy atom. The minimum atomic E-state index is -0.647. The molecular weight excluding hydrogens is 553 g/mol. The summed E-state index contributed by atoms with van der Waals surface area (Å²) in [5.41, 5.74) is 5.23. The van der Waals surface area contributed by atoms with Gasteiger partial charge in [-0.15, -0.1) is 11.3 Å². The van der Waals surface area contributed by atoms with Gasteiger partial charge in [-0.1, -0.05) is 73.7 Å². The molecule has 1 atom stereocenters. The Morgan fingerprint density at radius 3 is 2.46 bits per heavy atom. The highest BCUT2D eigenvalue weighted by Gasteiger charge is 2.33. The van der Waals surface area contributed by atoms with Crippen molar-refractivity contribution in [2.45, 2.75) is 32.7 Å². The lowest BCUT2D eigenvalue weighted by atomic mass is 9.93. The SMILES string of the molecule is COC(=O)C1=C(C)N=c2s/c(=C\c3cn(-c4ccccc4)nc3-c3cccs3)c(=O)n2[C@@H]1c1ccc(C(C)C)cc1. The van der Waals surface area contributed by atoms with Crippen LogP contribution in [0.4, 0.5) is 0 Å². The molecule has 5 aromatic rings. The number of nitrogens with zero attached hydrogens (tertiary/aromatic N) is 4. The zero-order valence-electron chi connectivity index (χ0n) is 23.1. The molecule has 41 heavy (non-hydrogen) atoms. The summed E-state index contributed by atoms with van der Waals surface area (Å²) in [6, 6.07) is 21.3. The summed E-state index contributed by atoms with van der Waals surface area (Å²) in [7, 11) is 1.35. The van der Waals surface area contributed by atoms with Gasteiger partial charge in [-0.3, -0.25) is 9.36 Å². The molecular formula is C32H28N4O3S2. The number of rotatable bonds is 6. The summed E-state index contributed by atoms with van der Waals surface area (Å²) in [5, 5.41) is 6.88. The number of esters is 1. The van der Waals surface area contributed by atoms with E-state index in [2.05, 4.69) is 18.8 Å². The quantitative estimate of drug-likeness (QED) is 0.251. The fourth-order valence-corrected chi connectivity index (χ4v) is 6.79. The van der Waals surface area contributed by atoms with Crippen molar-refractivity contribution >= 4 is 34.7 Å². The van der Waals surface area contributed by atoms with E-state index in [9.17, 15) is 9.59 Å². The van der Waals surface area contributed by atoms with Gasteiger partial charge in [0.2, 0.25) is 0 Å². The topological polar surface area (TPSA) is 78.5 Å². The second kappa shape index (κ2) is 10.9. The number of thiophene rings is 1. The lowest BCUT2D eigenvalue weighted by Crippen LogP contribution is -2.39. The van der Waals surface area contributed by atoms with Gasteiger partial charge in [-0.2, -0.15) is 5.10 Å². The Labute approximate surface area is 245 Å². The first-order chi connectivity index (χ1) is 19.9. The van der Waals surface area contributed by atoms with Gasteiger partial charge >= 0.3 is 5.97 Å². The van der Waals surface area contributed by atoms with Crippen LogP contribution in [0.15, 0.2) is 99.4 Å². The maximum atomic E-state index is 14.1. The molecule has 0 saturated heterocycles. The summed E-state index contributed by atoms with van der Waals surface area (Å²) in [6.45, 7) is 6.05. The van der Waals surface area contributed by atoms with Crippen molar-refractivity contribution in [1.82, 2.24) is 14.3 Å². The summed E-state index contributed by atoms with van der Waals surface area (Å²) < 4.78 is 9.11. The van der Waals surface area contributed by atoms with Crippen molar-refractivity contribution in [2.24, 2.45) is 4.99 Å². The van der Waals surface area contributed by atoms with Crippen molar-refractivity contribution in [3.63, 3.8) is 0 Å². The van der Waals surface area contributed by atoms with Crippen molar-refractivity contribution in [1.29, 1.82) is 0 Å². The first kappa shape index (κ1) is 26.9. The van der Waals surface area contributed by atoms with Gasteiger partial charge in [0.05, 0.1) is 39.5 Å². The van der Waals surface area contributed by atoms with Crippen LogP contribution in [-0.4, -0.2) is 27.4 Å². The molecule has 0 spiro atoms. The molecule has 0 aliphatic carbocycles. The summed E-state index contributed by atoms with van der Waals surface area (Å²) in [4.78, 5) is 33.3. The van der Waals surface area contributed by atoms with Crippen LogP contribution in [0.2, 0.25) is 0 Å². The second-order valence-corrected chi connectivity index (χ2v) is 12.0. The number of carbonyl (C=O) groups is 1. The zero-order valence-corrected chi connectivity index (χ0v) is 24.7. The highest BCUT2D eigenvalue weighted by Crippen LogP contribution is 2.32. The van der Waals surface area contributed by atoms with E-state index >= 15 is 0 Å². The molecule has 3 aromatic heterocycles. The first-order valence-corrected chi connectivity index (χ1v) is 14.9. The Bertz CT molecular complexity index is 1950. The number of benzene rings is 2. The number of hydrogen-bond donors (Lipinski definition) is 0. The number of methoxy groups -OCH3 is 1. The monoisotopic (exact) mass is 580 g/mol. The molecule has 0 saturated carbocycles. The maximum Gasteiger partial charge on any atom is 0.338 e. The molecule has 0 fully saturated rings. The van der Waals surface area contributed by atoms with Crippen molar-refractivity contribution in [3.05, 3.63) is 126 Å². The third-order valence-electron chi connectivity index (χ3n) is 7.15. The minimum Gasteiger partial charge on any atom is -0.466 e. The van der Waals surface area contributed by atoms with Crippen LogP contribution >= 0.6 is 22.7 Å². The highest BCUT2D eigenvalue weighted by molar-refractivity contribution is 7.13. The Morgan fingerprint density at radius 2 is 1.80 bits per heavy atom. The normalized spacial score (nSPS) is 15.2. The zero-order chi connectivity index (χ0) is 28.7. The minimum absolute atomic E-state index is 0.217. The van der Waals surface area contributed by atoms with Crippen LogP contribution in [0.5, 0.6) is 0 Å². The number of carbonyl (C=O) groups excluding carboxylic acids is 1. The average molecular weight is 581 g/mol. The van der Waals surface area contributed by atoms with E-state index in [0.29, 0.717) is 26.5 Å². The number of ether oxygens (including phenoxy) is 1. The van der Waals surface area contributed by atoms with Crippen LogP contribution in [0.1, 0.15) is 49.4 Å². The molecule has 7 nitrogen and oxygen atoms in total. The standard InChI is InChI=1S/C32H28N4O3S2/c1-19(2)21-12-14-22(15-13-21)29-27(31(38)39-4)20(3)33-32-36(29)30(37)26(41-32)17-23-18-35(24-9-6-5-7-10-24)34-28(23)25-11-8-16-40-25/h5-19,29H,1-4H3/b26-17-/t29-/m1/s1. The lowest BCUT2D eigenvalue weighted by Gasteiger charge is -2.24. The molecule has 0 unspecified atom stereocenters. The molecule has 6 rings (SSSR count). The van der Waals surface area contributed by atoms with Gasteiger partial charge in [0.1, 0.15) is 5.69 Å². The predicted octanol–water partition coefficient (Wildman–Crippen LogP) is 5.45. The van der Waals surface area contributed by atoms with E-state index in [0.717, 1.165) is 27.4 Å². The van der Waals surface area contributed by atoms with Crippen LogP contribution in [-0.2, 0) is 9.53 Å². The molecule has 0 radical (unpaired) electrons. The van der Waals surface area contributed by atoms with Crippen molar-refractivity contribution in [3.8, 4) is 16.3 Å². The summed E-state index contributed by atoms with van der Waals surface area (Å²) >= 11 is 2.90. The lowest BCUT2D eigenvalue weighted by molar-refractivity contribution is -0.136. The Hall–Kier alpha value is -4.34. The third-order valence-corrected chi connectivity index (χ3v) is 9.01. The van der Waals surface area contributed by atoms with Gasteiger partial charge in [0.15, 0.2) is 4.80 Å². The van der Waals surface area contributed by atoms with Gasteiger partial charge in [-0.25, -0.2) is 14.5 Å². The Balaban J connectivity index is 1.54. The number of aromatic nitrogens is 3. The molecule has 206 valence electrons. The van der Waals surface area contributed by atoms with E-state index < -0.39 is 12.0 Å². The molecule has 0 bridgehead atoms. The van der Waals surface area contributed by atoms with Gasteiger partial charge in [-0.05, 0) is 53.6 Å². The molecule has 9 heteroatoms. The molecule has 1 aliphatic heterocycles. The largest absolute Gasteiger partial charge is 0.466 e. The molecule has 4 heterocycles. The van der Waals surface area contributed by atoms with E-state index in [4.69, 9.17) is 9.84 Å². The van der Waals surface area contributed by atoms with E-state index in [1.54, 1.807) is 22.8 Å². The number of allylic oxidation sites excluding steroid dienone is 1. The van der Waals surface area contributed by atoms with Crippen LogP contribution < -0.4 is 14.9 Å². The van der Waals surface area contributed by atoms with Crippen LogP contribution in [0.25, 0.3) is 22.3 Å². The predicted molar refractivity (Wildman–Crippen MR) is 163 cm³/mol. The number of thiazole rings is 1. The molecule has 0 amide bonds. The summed E-state index contributed by atoms with van der Waals surface area (Å²) in [6.07, 6.45) is 3.82. The third kappa shape index (κ3) is 4.92. The maximum absolute atomic E-state index is 14.1. The number of para-hydroxylation sites is 1. The summed E-state index contributed by atoms with van der Waals surface area (Å²) in [5.74, 6) is -0.139. The molecule has 2 aromatic carbocycles. The van der Waals surface area contributed by atoms with E-state index in [-0.39, 0.29) is 5.56 Å². The van der Waals surface area contributed by atoms with E-state index in [1.807, 2.05) is 89.1 Å². The van der Waals surface area contributed by atoms with Gasteiger partial charge in [0.25, 0.3) is 5.56 Å². The van der Waals surface area contributed by atoms with Crippen LogP contribution in [0.3, 0.4) is 0 Å². The average Bonchev–Trinajstić information content (AvgIpc) is 3.72. The van der Waals surface area contributed by atoms with Gasteiger partial charge in [0, 0.05) is 11.8 Å². The van der Waals surface area contributed by atoms with Crippen LogP contribution in [0, 0.1) is 0 Å². The fraction of sp³-hybridized carbons (Fsp3) is 0.188. The molecule has 1 aliphatic rings. The van der Waals surface area contributed by atoms with Crippen molar-refractivity contribution < 1.29 is 9.53 Å². The smallest absolute Gasteiger partial charge is 0.338 e. The molecule has 0 N–H and O–H groups in total.